The molecule has 0 fully saturated rings. The van der Waals surface area contributed by atoms with E-state index in [1.165, 1.54) is 0 Å². The number of carbonyl (C=O) groups excluding carboxylic acids is 1. The van der Waals surface area contributed by atoms with Crippen LogP contribution in [0.2, 0.25) is 0 Å². The van der Waals surface area contributed by atoms with Crippen molar-refractivity contribution in [2.75, 3.05) is 19.6 Å². The summed E-state index contributed by atoms with van der Waals surface area (Å²) < 4.78 is 0. The molecule has 0 heterocycles. The van der Waals surface area contributed by atoms with E-state index in [2.05, 4.69) is 30.6 Å². The van der Waals surface area contributed by atoms with Crippen molar-refractivity contribution in [1.29, 1.82) is 0 Å². The lowest BCUT2D eigenvalue weighted by atomic mass is 9.86. The van der Waals surface area contributed by atoms with Crippen LogP contribution in [0.25, 0.3) is 0 Å². The van der Waals surface area contributed by atoms with E-state index < -0.39 is 0 Å². The van der Waals surface area contributed by atoms with Gasteiger partial charge in [-0.1, -0.05) is 86.4 Å². The Balaban J connectivity index is 2.13. The molecule has 2 aromatic carbocycles. The molecular formula is C22H25NO. The highest BCUT2D eigenvalue weighted by Crippen LogP contribution is 2.26. The molecule has 0 bridgehead atoms. The predicted octanol–water partition coefficient (Wildman–Crippen LogP) is 4.12. The molecule has 0 radical (unpaired) electrons. The van der Waals surface area contributed by atoms with Gasteiger partial charge in [0.25, 0.3) is 0 Å². The largest absolute Gasteiger partial charge is 0.298 e. The quantitative estimate of drug-likeness (QED) is 0.715. The fourth-order valence-electron chi connectivity index (χ4n) is 2.72. The van der Waals surface area contributed by atoms with Gasteiger partial charge in [0.15, 0.2) is 5.78 Å². The van der Waals surface area contributed by atoms with E-state index in [1.807, 2.05) is 60.7 Å². The van der Waals surface area contributed by atoms with Gasteiger partial charge < -0.3 is 0 Å². The zero-order chi connectivity index (χ0) is 17.2. The molecule has 2 rings (SSSR count). The minimum absolute atomic E-state index is 0.152. The summed E-state index contributed by atoms with van der Waals surface area (Å²) in [5, 5.41) is 0. The summed E-state index contributed by atoms with van der Waals surface area (Å²) in [6.45, 7) is 6.93. The highest BCUT2D eigenvalue weighted by atomic mass is 16.1. The maximum atomic E-state index is 12.8. The Bertz CT molecular complexity index is 639. The Kier molecular flexibility index (Phi) is 7.26. The molecule has 0 saturated heterocycles. The van der Waals surface area contributed by atoms with Crippen molar-refractivity contribution in [1.82, 2.24) is 4.90 Å². The van der Waals surface area contributed by atoms with E-state index in [4.69, 9.17) is 0 Å². The minimum Gasteiger partial charge on any atom is -0.298 e. The van der Waals surface area contributed by atoms with Gasteiger partial charge in [0.2, 0.25) is 0 Å². The number of ketones is 1. The van der Waals surface area contributed by atoms with Gasteiger partial charge in [-0.2, -0.15) is 0 Å². The van der Waals surface area contributed by atoms with Crippen LogP contribution in [0.3, 0.4) is 0 Å². The van der Waals surface area contributed by atoms with E-state index in [9.17, 15) is 4.79 Å². The van der Waals surface area contributed by atoms with Crippen molar-refractivity contribution in [2.45, 2.75) is 26.2 Å². The van der Waals surface area contributed by atoms with Gasteiger partial charge in [0.1, 0.15) is 0 Å². The smallest absolute Gasteiger partial charge is 0.156 e. The number of carbonyl (C=O) groups is 1. The number of rotatable bonds is 7. The van der Waals surface area contributed by atoms with Crippen LogP contribution in [-0.2, 0) is 4.79 Å². The Morgan fingerprint density at radius 3 is 1.83 bits per heavy atom. The third-order valence-electron chi connectivity index (χ3n) is 4.17. The van der Waals surface area contributed by atoms with Gasteiger partial charge >= 0.3 is 0 Å². The van der Waals surface area contributed by atoms with Crippen molar-refractivity contribution in [2.24, 2.45) is 0 Å². The second-order valence-electron chi connectivity index (χ2n) is 5.71. The molecule has 0 aromatic heterocycles. The van der Waals surface area contributed by atoms with E-state index in [0.29, 0.717) is 0 Å². The van der Waals surface area contributed by atoms with E-state index in [0.717, 1.165) is 30.8 Å². The van der Waals surface area contributed by atoms with Crippen LogP contribution in [0.4, 0.5) is 0 Å². The number of hydrogen-bond acceptors (Lipinski definition) is 2. The first-order chi connectivity index (χ1) is 11.8. The van der Waals surface area contributed by atoms with E-state index in [1.54, 1.807) is 0 Å². The second-order valence-corrected chi connectivity index (χ2v) is 5.71. The van der Waals surface area contributed by atoms with Crippen LogP contribution in [0, 0.1) is 11.8 Å². The summed E-state index contributed by atoms with van der Waals surface area (Å²) in [6, 6.07) is 19.9. The summed E-state index contributed by atoms with van der Waals surface area (Å²) in [5.74, 6) is 6.11. The van der Waals surface area contributed by atoms with E-state index in [-0.39, 0.29) is 18.1 Å². The highest BCUT2D eigenvalue weighted by Gasteiger charge is 2.21. The predicted molar refractivity (Wildman–Crippen MR) is 99.9 cm³/mol. The average Bonchev–Trinajstić information content (AvgIpc) is 2.64. The summed E-state index contributed by atoms with van der Waals surface area (Å²) in [4.78, 5) is 15.1. The zero-order valence-electron chi connectivity index (χ0n) is 14.5. The van der Waals surface area contributed by atoms with Crippen LogP contribution in [-0.4, -0.2) is 30.3 Å². The van der Waals surface area contributed by atoms with Gasteiger partial charge in [-0.15, -0.1) is 0 Å². The van der Waals surface area contributed by atoms with Gasteiger partial charge in [0, 0.05) is 0 Å². The normalized spacial score (nSPS) is 10.5. The molecule has 2 heteroatoms. The van der Waals surface area contributed by atoms with Crippen molar-refractivity contribution in [3.8, 4) is 11.8 Å². The first-order valence-electron chi connectivity index (χ1n) is 8.57. The fraction of sp³-hybridized carbons (Fsp3) is 0.318. The van der Waals surface area contributed by atoms with Gasteiger partial charge in [0.05, 0.1) is 18.9 Å². The van der Waals surface area contributed by atoms with Crippen molar-refractivity contribution < 1.29 is 4.79 Å². The molecule has 124 valence electrons. The van der Waals surface area contributed by atoms with Crippen LogP contribution in [0.1, 0.15) is 37.3 Å². The standard InChI is InChI=1S/C22H25NO/c1-3-23(4-2)18-12-11-17-21(24)22(19-13-7-5-8-14-19)20-15-9-6-10-16-20/h5-10,13-16,22H,3-4,17-18H2,1-2H3. The average molecular weight is 319 g/mol. The molecule has 0 aliphatic rings. The molecule has 0 atom stereocenters. The van der Waals surface area contributed by atoms with Crippen LogP contribution in [0.15, 0.2) is 60.7 Å². The fourth-order valence-corrected chi connectivity index (χ4v) is 2.72. The number of benzene rings is 2. The maximum Gasteiger partial charge on any atom is 0.156 e. The Labute approximate surface area is 145 Å². The molecule has 0 spiro atoms. The molecule has 2 nitrogen and oxygen atoms in total. The Morgan fingerprint density at radius 2 is 1.38 bits per heavy atom. The molecule has 0 unspecified atom stereocenters. The lowest BCUT2D eigenvalue weighted by molar-refractivity contribution is -0.118. The topological polar surface area (TPSA) is 20.3 Å². The Morgan fingerprint density at radius 1 is 0.875 bits per heavy atom. The lowest BCUT2D eigenvalue weighted by Crippen LogP contribution is -2.23. The van der Waals surface area contributed by atoms with Gasteiger partial charge in [-0.05, 0) is 24.2 Å². The molecule has 0 amide bonds. The lowest BCUT2D eigenvalue weighted by Gasteiger charge is -2.16. The van der Waals surface area contributed by atoms with Gasteiger partial charge in [-0.25, -0.2) is 0 Å². The number of nitrogens with zero attached hydrogens (tertiary/aromatic N) is 1. The SMILES string of the molecule is CCN(CC)CC#CCC(=O)C(c1ccccc1)c1ccccc1. The van der Waals surface area contributed by atoms with Crippen LogP contribution < -0.4 is 0 Å². The molecule has 0 aliphatic carbocycles. The summed E-state index contributed by atoms with van der Waals surface area (Å²) in [6.07, 6.45) is 0.287. The third-order valence-corrected chi connectivity index (χ3v) is 4.17. The molecule has 2 aromatic rings. The van der Waals surface area contributed by atoms with Crippen molar-refractivity contribution in [3.05, 3.63) is 71.8 Å². The van der Waals surface area contributed by atoms with Crippen LogP contribution in [0.5, 0.6) is 0 Å². The second kappa shape index (κ2) is 9.70. The van der Waals surface area contributed by atoms with Crippen molar-refractivity contribution >= 4 is 5.78 Å². The number of Topliss-reactive ketones (excluding diaryl/α,β-unsaturated/α-hetero) is 1. The van der Waals surface area contributed by atoms with Gasteiger partial charge in [-0.3, -0.25) is 9.69 Å². The third kappa shape index (κ3) is 5.08. The van der Waals surface area contributed by atoms with Crippen LogP contribution >= 0.6 is 0 Å². The minimum atomic E-state index is -0.241. The molecule has 24 heavy (non-hydrogen) atoms. The first-order valence-corrected chi connectivity index (χ1v) is 8.57. The summed E-state index contributed by atoms with van der Waals surface area (Å²) in [7, 11) is 0. The molecular weight excluding hydrogens is 294 g/mol. The monoisotopic (exact) mass is 319 g/mol. The molecule has 0 N–H and O–H groups in total. The Hall–Kier alpha value is -2.37. The summed E-state index contributed by atoms with van der Waals surface area (Å²) >= 11 is 0. The molecule has 0 aliphatic heterocycles. The summed E-state index contributed by atoms with van der Waals surface area (Å²) in [5.41, 5.74) is 2.05. The highest BCUT2D eigenvalue weighted by molar-refractivity contribution is 5.90. The van der Waals surface area contributed by atoms with Crippen molar-refractivity contribution in [3.63, 3.8) is 0 Å². The van der Waals surface area contributed by atoms with E-state index >= 15 is 0 Å². The molecule has 0 saturated carbocycles. The zero-order valence-corrected chi connectivity index (χ0v) is 14.5. The number of hydrogen-bond donors (Lipinski definition) is 0. The maximum absolute atomic E-state index is 12.8. The first kappa shape index (κ1) is 18.0.